The molecule has 1 aliphatic heterocycles. The van der Waals surface area contributed by atoms with Crippen molar-refractivity contribution in [2.75, 3.05) is 26.9 Å². The third-order valence-electron chi connectivity index (χ3n) is 3.16. The zero-order chi connectivity index (χ0) is 13.1. The van der Waals surface area contributed by atoms with Crippen LogP contribution in [0.5, 0.6) is 0 Å². The molecule has 1 heterocycles. The van der Waals surface area contributed by atoms with Crippen LogP contribution in [0.4, 0.5) is 0 Å². The van der Waals surface area contributed by atoms with Crippen LogP contribution in [0, 0.1) is 0 Å². The second-order valence-electron chi connectivity index (χ2n) is 5.17. The van der Waals surface area contributed by atoms with E-state index in [1.165, 1.54) is 0 Å². The summed E-state index contributed by atoms with van der Waals surface area (Å²) >= 11 is 0. The summed E-state index contributed by atoms with van der Waals surface area (Å²) in [6, 6.07) is 0.0537. The van der Waals surface area contributed by atoms with Gasteiger partial charge in [-0.1, -0.05) is 0 Å². The van der Waals surface area contributed by atoms with E-state index >= 15 is 0 Å². The lowest BCUT2D eigenvalue weighted by atomic mass is 10.0. The molecule has 5 heteroatoms. The number of nitrogens with zero attached hydrogens (tertiary/aromatic N) is 1. The van der Waals surface area contributed by atoms with Gasteiger partial charge >= 0.3 is 0 Å². The van der Waals surface area contributed by atoms with Crippen LogP contribution in [-0.4, -0.2) is 60.5 Å². The largest absolute Gasteiger partial charge is 0.394 e. The van der Waals surface area contributed by atoms with Gasteiger partial charge in [0.15, 0.2) is 0 Å². The average Bonchev–Trinajstić information content (AvgIpc) is 2.29. The minimum atomic E-state index is -0.455. The monoisotopic (exact) mass is 245 g/mol. The van der Waals surface area contributed by atoms with Gasteiger partial charge in [0.05, 0.1) is 37.4 Å². The van der Waals surface area contributed by atoms with Crippen LogP contribution in [0.25, 0.3) is 0 Å². The van der Waals surface area contributed by atoms with Crippen molar-refractivity contribution in [1.29, 1.82) is 0 Å². The molecule has 1 amide bonds. The summed E-state index contributed by atoms with van der Waals surface area (Å²) in [5, 5.41) is 9.07. The van der Waals surface area contributed by atoms with Gasteiger partial charge in [-0.3, -0.25) is 4.79 Å². The van der Waals surface area contributed by atoms with E-state index < -0.39 is 5.60 Å². The normalized spacial score (nSPS) is 26.1. The Morgan fingerprint density at radius 3 is 2.76 bits per heavy atom. The Balaban J connectivity index is 2.60. The Morgan fingerprint density at radius 1 is 1.59 bits per heavy atom. The van der Waals surface area contributed by atoms with Gasteiger partial charge in [0.1, 0.15) is 0 Å². The first-order valence-corrected chi connectivity index (χ1v) is 5.96. The first-order chi connectivity index (χ1) is 7.89. The van der Waals surface area contributed by atoms with Gasteiger partial charge in [0.25, 0.3) is 0 Å². The van der Waals surface area contributed by atoms with Gasteiger partial charge in [0, 0.05) is 13.7 Å². The molecule has 0 aromatic carbocycles. The lowest BCUT2D eigenvalue weighted by molar-refractivity contribution is -0.151. The van der Waals surface area contributed by atoms with Crippen molar-refractivity contribution in [2.45, 2.75) is 44.9 Å². The molecule has 100 valence electrons. The number of hydrogen-bond donors (Lipinski definition) is 1. The number of carbonyl (C=O) groups is 1. The smallest absolute Gasteiger partial charge is 0.225 e. The number of rotatable bonds is 4. The second-order valence-corrected chi connectivity index (χ2v) is 5.17. The molecule has 0 aromatic rings. The average molecular weight is 245 g/mol. The fourth-order valence-corrected chi connectivity index (χ4v) is 1.81. The maximum atomic E-state index is 12.2. The molecule has 0 aromatic heterocycles. The molecule has 1 fully saturated rings. The number of ether oxygens (including phenoxy) is 2. The maximum absolute atomic E-state index is 12.2. The predicted octanol–water partition coefficient (Wildman–Crippen LogP) is 0.410. The molecule has 5 nitrogen and oxygen atoms in total. The summed E-state index contributed by atoms with van der Waals surface area (Å²) in [6.45, 7) is 6.61. The van der Waals surface area contributed by atoms with Crippen molar-refractivity contribution in [1.82, 2.24) is 4.90 Å². The van der Waals surface area contributed by atoms with E-state index in [4.69, 9.17) is 14.6 Å². The lowest BCUT2D eigenvalue weighted by Crippen LogP contribution is -2.53. The molecule has 1 rings (SSSR count). The molecular formula is C12H23NO4. The fraction of sp³-hybridized carbons (Fsp3) is 0.917. The van der Waals surface area contributed by atoms with Gasteiger partial charge < -0.3 is 19.5 Å². The van der Waals surface area contributed by atoms with Crippen LogP contribution in [0.15, 0.2) is 0 Å². The summed E-state index contributed by atoms with van der Waals surface area (Å²) in [4.78, 5) is 13.9. The minimum absolute atomic E-state index is 0.0473. The Kier molecular flexibility index (Phi) is 4.91. The van der Waals surface area contributed by atoms with Gasteiger partial charge in [-0.25, -0.2) is 0 Å². The molecule has 2 atom stereocenters. The van der Waals surface area contributed by atoms with Crippen molar-refractivity contribution >= 4 is 5.91 Å². The Morgan fingerprint density at radius 2 is 2.24 bits per heavy atom. The van der Waals surface area contributed by atoms with Crippen molar-refractivity contribution < 1.29 is 19.4 Å². The number of morpholine rings is 1. The van der Waals surface area contributed by atoms with Crippen molar-refractivity contribution in [3.63, 3.8) is 0 Å². The summed E-state index contributed by atoms with van der Waals surface area (Å²) in [5.41, 5.74) is -0.455. The standard InChI is InChI=1S/C12H23NO4/c1-9-8-17-10(7-14)6-13(9)11(15)5-12(2,3)16-4/h9-10,14H,5-8H2,1-4H3. The summed E-state index contributed by atoms with van der Waals surface area (Å²) in [6.07, 6.45) is 0.0761. The van der Waals surface area contributed by atoms with Gasteiger partial charge in [0.2, 0.25) is 5.91 Å². The fourth-order valence-electron chi connectivity index (χ4n) is 1.81. The van der Waals surface area contributed by atoms with E-state index in [9.17, 15) is 4.79 Å². The number of methoxy groups -OCH3 is 1. The highest BCUT2D eigenvalue weighted by atomic mass is 16.5. The van der Waals surface area contributed by atoms with E-state index in [1.54, 1.807) is 12.0 Å². The molecule has 17 heavy (non-hydrogen) atoms. The molecule has 2 unspecified atom stereocenters. The zero-order valence-electron chi connectivity index (χ0n) is 11.1. The molecule has 0 aliphatic carbocycles. The Bertz CT molecular complexity index is 267. The van der Waals surface area contributed by atoms with E-state index in [2.05, 4.69) is 0 Å². The molecule has 0 radical (unpaired) electrons. The predicted molar refractivity (Wildman–Crippen MR) is 63.7 cm³/mol. The number of aliphatic hydroxyl groups is 1. The lowest BCUT2D eigenvalue weighted by Gasteiger charge is -2.38. The van der Waals surface area contributed by atoms with E-state index in [0.29, 0.717) is 19.6 Å². The van der Waals surface area contributed by atoms with E-state index in [0.717, 1.165) is 0 Å². The van der Waals surface area contributed by atoms with Crippen LogP contribution < -0.4 is 0 Å². The Hall–Kier alpha value is -0.650. The second kappa shape index (κ2) is 5.80. The topological polar surface area (TPSA) is 59.0 Å². The van der Waals surface area contributed by atoms with Crippen LogP contribution >= 0.6 is 0 Å². The SMILES string of the molecule is COC(C)(C)CC(=O)N1CC(CO)OCC1C. The number of amides is 1. The van der Waals surface area contributed by atoms with Crippen molar-refractivity contribution in [2.24, 2.45) is 0 Å². The molecule has 0 spiro atoms. The highest BCUT2D eigenvalue weighted by Gasteiger charge is 2.32. The zero-order valence-corrected chi connectivity index (χ0v) is 11.1. The van der Waals surface area contributed by atoms with Gasteiger partial charge in [-0.15, -0.1) is 0 Å². The van der Waals surface area contributed by atoms with Crippen molar-refractivity contribution in [3.8, 4) is 0 Å². The van der Waals surface area contributed by atoms with Crippen LogP contribution in [0.2, 0.25) is 0 Å². The molecule has 1 N–H and O–H groups in total. The third kappa shape index (κ3) is 3.94. The first-order valence-electron chi connectivity index (χ1n) is 5.96. The summed E-state index contributed by atoms with van der Waals surface area (Å²) < 4.78 is 10.7. The first kappa shape index (κ1) is 14.4. The minimum Gasteiger partial charge on any atom is -0.394 e. The third-order valence-corrected chi connectivity index (χ3v) is 3.16. The summed E-state index contributed by atoms with van der Waals surface area (Å²) in [5.74, 6) is 0.0473. The molecule has 0 bridgehead atoms. The quantitative estimate of drug-likeness (QED) is 0.779. The number of aliphatic hydroxyl groups excluding tert-OH is 1. The Labute approximate surface area is 103 Å². The number of carbonyl (C=O) groups excluding carboxylic acids is 1. The number of hydrogen-bond acceptors (Lipinski definition) is 4. The van der Waals surface area contributed by atoms with Gasteiger partial charge in [-0.05, 0) is 20.8 Å². The van der Waals surface area contributed by atoms with Crippen molar-refractivity contribution in [3.05, 3.63) is 0 Å². The summed E-state index contributed by atoms with van der Waals surface area (Å²) in [7, 11) is 1.60. The van der Waals surface area contributed by atoms with E-state index in [1.807, 2.05) is 20.8 Å². The maximum Gasteiger partial charge on any atom is 0.225 e. The van der Waals surface area contributed by atoms with E-state index in [-0.39, 0.29) is 24.7 Å². The molecule has 0 saturated carbocycles. The molecule has 1 saturated heterocycles. The van der Waals surface area contributed by atoms with Crippen LogP contribution in [0.3, 0.4) is 0 Å². The van der Waals surface area contributed by atoms with Gasteiger partial charge in [-0.2, -0.15) is 0 Å². The highest BCUT2D eigenvalue weighted by molar-refractivity contribution is 5.77. The molecule has 1 aliphatic rings. The highest BCUT2D eigenvalue weighted by Crippen LogP contribution is 2.19. The van der Waals surface area contributed by atoms with Crippen LogP contribution in [0.1, 0.15) is 27.2 Å². The molecular weight excluding hydrogens is 222 g/mol. The van der Waals surface area contributed by atoms with Crippen LogP contribution in [-0.2, 0) is 14.3 Å².